The maximum atomic E-state index is 15.2. The van der Waals surface area contributed by atoms with Crippen molar-refractivity contribution in [1.29, 1.82) is 0 Å². The number of nitrogens with zero attached hydrogens (tertiary/aromatic N) is 2. The summed E-state index contributed by atoms with van der Waals surface area (Å²) in [6.45, 7) is 0.599. The van der Waals surface area contributed by atoms with Gasteiger partial charge in [0.2, 0.25) is 11.8 Å². The van der Waals surface area contributed by atoms with E-state index < -0.39 is 16.9 Å². The molecular weight excluding hydrogens is 498 g/mol. The lowest BCUT2D eigenvalue weighted by molar-refractivity contribution is -0.143. The molecule has 4 aliphatic rings. The molecule has 4 aliphatic heterocycles. The fraction of sp³-hybridized carbons (Fsp3) is 0.206. The van der Waals surface area contributed by atoms with Crippen LogP contribution in [0.25, 0.3) is 0 Å². The molecule has 2 saturated heterocycles. The fourth-order valence-electron chi connectivity index (χ4n) is 8.25. The van der Waals surface area contributed by atoms with E-state index in [2.05, 4.69) is 22.3 Å². The summed E-state index contributed by atoms with van der Waals surface area (Å²) in [7, 11) is 0. The van der Waals surface area contributed by atoms with Crippen LogP contribution in [-0.2, 0) is 26.3 Å². The second kappa shape index (κ2) is 8.23. The van der Waals surface area contributed by atoms with Gasteiger partial charge >= 0.3 is 0 Å². The van der Waals surface area contributed by atoms with E-state index >= 15 is 4.79 Å². The summed E-state index contributed by atoms with van der Waals surface area (Å²) in [6.07, 6.45) is 0.698. The summed E-state index contributed by atoms with van der Waals surface area (Å²) in [5.74, 6) is -1.25. The van der Waals surface area contributed by atoms with Crippen LogP contribution in [0.1, 0.15) is 40.6 Å². The fourth-order valence-corrected chi connectivity index (χ4v) is 8.25. The molecule has 2 spiro atoms. The quantitative estimate of drug-likeness (QED) is 0.366. The van der Waals surface area contributed by atoms with Gasteiger partial charge in [0.1, 0.15) is 5.54 Å². The molecule has 4 aromatic rings. The largest absolute Gasteiger partial charge is 0.324 e. The number of carbonyl (C=O) groups excluding carboxylic acids is 3. The highest BCUT2D eigenvalue weighted by atomic mass is 16.2. The zero-order valence-corrected chi connectivity index (χ0v) is 21.8. The molecule has 4 aromatic carbocycles. The number of rotatable bonds is 2. The van der Waals surface area contributed by atoms with E-state index in [1.165, 1.54) is 10.5 Å². The third-order valence-corrected chi connectivity index (χ3v) is 9.59. The molecule has 2 fully saturated rings. The van der Waals surface area contributed by atoms with Gasteiger partial charge in [-0.2, -0.15) is 0 Å². The summed E-state index contributed by atoms with van der Waals surface area (Å²) < 4.78 is 0. The summed E-state index contributed by atoms with van der Waals surface area (Å²) in [5.41, 5.74) is 2.61. The minimum Gasteiger partial charge on any atom is -0.324 e. The van der Waals surface area contributed by atoms with E-state index in [0.717, 1.165) is 23.1 Å². The molecule has 8 rings (SSSR count). The average molecular weight is 526 g/mol. The molecule has 0 saturated carbocycles. The van der Waals surface area contributed by atoms with E-state index in [-0.39, 0.29) is 30.2 Å². The van der Waals surface area contributed by atoms with Crippen LogP contribution < -0.4 is 10.2 Å². The van der Waals surface area contributed by atoms with Crippen molar-refractivity contribution in [3.8, 4) is 0 Å². The lowest BCUT2D eigenvalue weighted by Crippen LogP contribution is -2.60. The van der Waals surface area contributed by atoms with Gasteiger partial charge in [-0.1, -0.05) is 91.0 Å². The topological polar surface area (TPSA) is 69.7 Å². The number of para-hydroxylation sites is 2. The highest BCUT2D eigenvalue weighted by Gasteiger charge is 2.80. The Bertz CT molecular complexity index is 1700. The number of anilines is 2. The Morgan fingerprint density at radius 2 is 1.43 bits per heavy atom. The smallest absolute Gasteiger partial charge is 0.250 e. The van der Waals surface area contributed by atoms with E-state index in [1.807, 2.05) is 84.9 Å². The number of amides is 3. The van der Waals surface area contributed by atoms with Crippen LogP contribution in [0.5, 0.6) is 0 Å². The minimum absolute atomic E-state index is 0.0583. The molecule has 0 radical (unpaired) electrons. The first-order valence-corrected chi connectivity index (χ1v) is 13.8. The van der Waals surface area contributed by atoms with Crippen LogP contribution in [0, 0.1) is 5.41 Å². The van der Waals surface area contributed by atoms with Crippen molar-refractivity contribution in [3.05, 3.63) is 131 Å². The van der Waals surface area contributed by atoms with Gasteiger partial charge in [-0.15, -0.1) is 0 Å². The highest BCUT2D eigenvalue weighted by molar-refractivity contribution is 6.26. The van der Waals surface area contributed by atoms with Gasteiger partial charge in [0, 0.05) is 36.2 Å². The normalized spacial score (nSPS) is 28.6. The molecule has 0 aliphatic carbocycles. The molecular formula is C34H27N3O3. The van der Waals surface area contributed by atoms with Crippen LogP contribution >= 0.6 is 0 Å². The Morgan fingerprint density at radius 1 is 0.750 bits per heavy atom. The summed E-state index contributed by atoms with van der Waals surface area (Å²) >= 11 is 0. The zero-order valence-electron chi connectivity index (χ0n) is 21.8. The van der Waals surface area contributed by atoms with E-state index in [0.29, 0.717) is 17.9 Å². The van der Waals surface area contributed by atoms with Gasteiger partial charge in [0.25, 0.3) is 5.91 Å². The molecule has 0 aromatic heterocycles. The van der Waals surface area contributed by atoms with Crippen LogP contribution in [0.15, 0.2) is 109 Å². The molecule has 4 atom stereocenters. The van der Waals surface area contributed by atoms with Gasteiger partial charge in [-0.3, -0.25) is 19.3 Å². The van der Waals surface area contributed by atoms with Gasteiger partial charge in [0.15, 0.2) is 0 Å². The zero-order chi connectivity index (χ0) is 27.1. The predicted octanol–water partition coefficient (Wildman–Crippen LogP) is 5.18. The Kier molecular flexibility index (Phi) is 4.80. The first kappa shape index (κ1) is 23.3. The maximum absolute atomic E-state index is 15.2. The average Bonchev–Trinajstić information content (AvgIpc) is 3.55. The number of carbonyl (C=O) groups is 3. The first-order valence-electron chi connectivity index (χ1n) is 13.8. The van der Waals surface area contributed by atoms with Crippen LogP contribution in [0.4, 0.5) is 11.4 Å². The molecule has 0 unspecified atom stereocenters. The van der Waals surface area contributed by atoms with Crippen molar-refractivity contribution in [1.82, 2.24) is 4.90 Å². The highest BCUT2D eigenvalue weighted by Crippen LogP contribution is 2.72. The Balaban J connectivity index is 1.49. The maximum Gasteiger partial charge on any atom is 0.250 e. The molecule has 40 heavy (non-hydrogen) atoms. The number of hydrogen-bond donors (Lipinski definition) is 1. The number of nitrogens with one attached hydrogen (secondary N) is 1. The van der Waals surface area contributed by atoms with Crippen LogP contribution in [-0.4, -0.2) is 29.2 Å². The molecule has 6 heteroatoms. The molecule has 196 valence electrons. The number of benzene rings is 4. The van der Waals surface area contributed by atoms with Crippen LogP contribution in [0.2, 0.25) is 0 Å². The molecule has 1 N–H and O–H groups in total. The summed E-state index contributed by atoms with van der Waals surface area (Å²) in [4.78, 5) is 47.5. The Morgan fingerprint density at radius 3 is 2.23 bits per heavy atom. The number of imide groups is 1. The third-order valence-electron chi connectivity index (χ3n) is 9.59. The van der Waals surface area contributed by atoms with Gasteiger partial charge < -0.3 is 5.32 Å². The minimum atomic E-state index is -1.36. The van der Waals surface area contributed by atoms with Crippen molar-refractivity contribution in [2.75, 3.05) is 16.8 Å². The summed E-state index contributed by atoms with van der Waals surface area (Å²) in [5, 5.41) is 3.14. The van der Waals surface area contributed by atoms with E-state index in [9.17, 15) is 9.59 Å². The second-order valence-electron chi connectivity index (χ2n) is 11.2. The standard InChI is InChI=1S/C34H27N3O3/c38-28-21-33(32(40)37(28)24-14-5-2-6-15-24)29(23-12-3-1-4-13-23)30-25-16-8-7-11-22(25)19-20-36(30)34(33)26-17-9-10-18-27(26)35-31(34)39/h1-18,29-30H,19-21H2,(H,35,39)/t29-,30-,33-,34-/m1/s1. The lowest BCUT2D eigenvalue weighted by Gasteiger charge is -2.44. The van der Waals surface area contributed by atoms with Gasteiger partial charge in [-0.25, -0.2) is 4.90 Å². The van der Waals surface area contributed by atoms with Crippen molar-refractivity contribution >= 4 is 29.1 Å². The lowest BCUT2D eigenvalue weighted by atomic mass is 9.59. The molecule has 0 bridgehead atoms. The van der Waals surface area contributed by atoms with E-state index in [1.54, 1.807) is 12.1 Å². The van der Waals surface area contributed by atoms with Gasteiger partial charge in [-0.05, 0) is 41.3 Å². The Labute approximate surface area is 232 Å². The van der Waals surface area contributed by atoms with E-state index in [4.69, 9.17) is 0 Å². The van der Waals surface area contributed by atoms with Crippen molar-refractivity contribution in [3.63, 3.8) is 0 Å². The Hall–Kier alpha value is -4.55. The third kappa shape index (κ3) is 2.69. The monoisotopic (exact) mass is 525 g/mol. The molecule has 6 nitrogen and oxygen atoms in total. The number of fused-ring (bicyclic) bond motifs is 7. The summed E-state index contributed by atoms with van der Waals surface area (Å²) in [6, 6.07) is 34.9. The molecule has 4 heterocycles. The number of hydrogen-bond acceptors (Lipinski definition) is 4. The second-order valence-corrected chi connectivity index (χ2v) is 11.2. The van der Waals surface area contributed by atoms with Crippen molar-refractivity contribution in [2.24, 2.45) is 5.41 Å². The first-order chi connectivity index (χ1) is 19.6. The predicted molar refractivity (Wildman–Crippen MR) is 152 cm³/mol. The van der Waals surface area contributed by atoms with Crippen molar-refractivity contribution < 1.29 is 14.4 Å². The van der Waals surface area contributed by atoms with Gasteiger partial charge in [0.05, 0.1) is 11.1 Å². The van der Waals surface area contributed by atoms with Crippen LogP contribution in [0.3, 0.4) is 0 Å². The molecule has 3 amide bonds. The van der Waals surface area contributed by atoms with Crippen molar-refractivity contribution in [2.45, 2.75) is 30.3 Å². The SMILES string of the molecule is O=C1C[C@]2(C(=O)N1c1ccccc1)[C@H](c1ccccc1)[C@H]1c3ccccc3CCN1[C@]21C(=O)Nc2ccccc21.